The second-order valence-electron chi connectivity index (χ2n) is 9.77. The third kappa shape index (κ3) is 2.21. The Bertz CT molecular complexity index is 610. The van der Waals surface area contributed by atoms with Crippen molar-refractivity contribution < 1.29 is 14.6 Å². The van der Waals surface area contributed by atoms with Crippen molar-refractivity contribution in [3.05, 3.63) is 11.6 Å². The Morgan fingerprint density at radius 1 is 1.16 bits per heavy atom. The first-order chi connectivity index (χ1) is 11.8. The number of Topliss-reactive ketones (excluding diaryl/α,β-unsaturated/α-hetero) is 1. The van der Waals surface area contributed by atoms with Crippen LogP contribution in [-0.4, -0.2) is 29.7 Å². The Hall–Kier alpha value is -0.670. The van der Waals surface area contributed by atoms with Gasteiger partial charge in [0.1, 0.15) is 5.60 Å². The Morgan fingerprint density at radius 2 is 1.88 bits per heavy atom. The molecule has 0 amide bonds. The van der Waals surface area contributed by atoms with E-state index in [-0.39, 0.29) is 11.2 Å². The van der Waals surface area contributed by atoms with Gasteiger partial charge >= 0.3 is 0 Å². The number of fused-ring (bicyclic) bond motifs is 5. The molecular weight excluding hydrogens is 312 g/mol. The summed E-state index contributed by atoms with van der Waals surface area (Å²) < 4.78 is 5.65. The average Bonchev–Trinajstić information content (AvgIpc) is 2.87. The molecule has 4 aliphatic carbocycles. The number of rotatable bonds is 2. The monoisotopic (exact) mass is 346 g/mol. The normalized spacial score (nSPS) is 52.0. The fourth-order valence-corrected chi connectivity index (χ4v) is 7.42. The van der Waals surface area contributed by atoms with E-state index in [1.807, 2.05) is 7.11 Å². The van der Waals surface area contributed by atoms with Crippen molar-refractivity contribution in [2.24, 2.45) is 28.6 Å². The van der Waals surface area contributed by atoms with Crippen LogP contribution in [0.3, 0.4) is 0 Å². The molecule has 3 fully saturated rings. The summed E-state index contributed by atoms with van der Waals surface area (Å²) in [5, 5.41) is 11.2. The van der Waals surface area contributed by atoms with E-state index in [1.165, 1.54) is 6.42 Å². The number of methoxy groups -OCH3 is 1. The fraction of sp³-hybridized carbons (Fsp3) is 0.864. The summed E-state index contributed by atoms with van der Waals surface area (Å²) in [6.45, 7) is 6.27. The summed E-state index contributed by atoms with van der Waals surface area (Å²) in [7, 11) is 1.84. The van der Waals surface area contributed by atoms with Gasteiger partial charge in [0, 0.05) is 12.5 Å². The van der Waals surface area contributed by atoms with E-state index < -0.39 is 5.60 Å². The first kappa shape index (κ1) is 17.7. The van der Waals surface area contributed by atoms with Gasteiger partial charge in [-0.25, -0.2) is 0 Å². The quantitative estimate of drug-likeness (QED) is 0.759. The average molecular weight is 347 g/mol. The number of allylic oxidation sites excluding steroid dienone is 1. The van der Waals surface area contributed by atoms with Crippen LogP contribution in [-0.2, 0) is 9.53 Å². The second-order valence-corrected chi connectivity index (χ2v) is 9.77. The van der Waals surface area contributed by atoms with Crippen LogP contribution < -0.4 is 0 Å². The summed E-state index contributed by atoms with van der Waals surface area (Å²) in [5.74, 6) is 1.79. The van der Waals surface area contributed by atoms with E-state index in [1.54, 1.807) is 12.5 Å². The first-order valence-electron chi connectivity index (χ1n) is 10.2. The predicted octanol–water partition coefficient (Wildman–Crippen LogP) is 4.28. The number of ether oxygens (including phenoxy) is 1. The number of hydrogen-bond acceptors (Lipinski definition) is 3. The van der Waals surface area contributed by atoms with E-state index in [2.05, 4.69) is 19.9 Å². The van der Waals surface area contributed by atoms with Gasteiger partial charge in [0.05, 0.1) is 6.10 Å². The van der Waals surface area contributed by atoms with E-state index in [0.717, 1.165) is 38.5 Å². The fourth-order valence-electron chi connectivity index (χ4n) is 7.42. The lowest BCUT2D eigenvalue weighted by Crippen LogP contribution is -2.56. The second kappa shape index (κ2) is 5.66. The molecule has 0 aromatic carbocycles. The highest BCUT2D eigenvalue weighted by Crippen LogP contribution is 2.67. The molecule has 0 spiro atoms. The van der Waals surface area contributed by atoms with Gasteiger partial charge < -0.3 is 9.84 Å². The van der Waals surface area contributed by atoms with Gasteiger partial charge in [-0.2, -0.15) is 0 Å². The number of carbonyl (C=O) groups is 1. The summed E-state index contributed by atoms with van der Waals surface area (Å²) in [4.78, 5) is 12.3. The van der Waals surface area contributed by atoms with E-state index in [0.29, 0.717) is 35.7 Å². The molecule has 7 atom stereocenters. The van der Waals surface area contributed by atoms with Crippen molar-refractivity contribution in [2.75, 3.05) is 7.11 Å². The molecule has 4 rings (SSSR count). The summed E-state index contributed by atoms with van der Waals surface area (Å²) in [6.07, 6.45) is 11.3. The molecule has 0 radical (unpaired) electrons. The number of hydrogen-bond donors (Lipinski definition) is 1. The Balaban J connectivity index is 1.66. The third-order valence-corrected chi connectivity index (χ3v) is 9.13. The minimum absolute atomic E-state index is 0.0187. The highest BCUT2D eigenvalue weighted by atomic mass is 16.5. The van der Waals surface area contributed by atoms with Gasteiger partial charge in [-0.1, -0.05) is 25.5 Å². The van der Waals surface area contributed by atoms with Crippen LogP contribution in [0.25, 0.3) is 0 Å². The van der Waals surface area contributed by atoms with Crippen molar-refractivity contribution in [3.63, 3.8) is 0 Å². The molecule has 4 aliphatic rings. The largest absolute Gasteiger partial charge is 0.382 e. The number of ketones is 1. The molecule has 0 aliphatic heterocycles. The highest BCUT2D eigenvalue weighted by Gasteiger charge is 2.65. The zero-order valence-electron chi connectivity index (χ0n) is 16.3. The lowest BCUT2D eigenvalue weighted by Gasteiger charge is -2.58. The smallest absolute Gasteiger partial charge is 0.161 e. The predicted molar refractivity (Wildman–Crippen MR) is 98.1 cm³/mol. The zero-order valence-corrected chi connectivity index (χ0v) is 16.3. The molecule has 25 heavy (non-hydrogen) atoms. The van der Waals surface area contributed by atoms with Crippen molar-refractivity contribution in [1.29, 1.82) is 0 Å². The van der Waals surface area contributed by atoms with Gasteiger partial charge in [-0.05, 0) is 81.5 Å². The molecule has 1 N–H and O–H groups in total. The highest BCUT2D eigenvalue weighted by molar-refractivity contribution is 5.86. The van der Waals surface area contributed by atoms with Crippen LogP contribution in [0.5, 0.6) is 0 Å². The topological polar surface area (TPSA) is 46.5 Å². The molecule has 7 unspecified atom stereocenters. The lowest BCUT2D eigenvalue weighted by molar-refractivity contribution is -0.159. The molecule has 3 saturated carbocycles. The molecular formula is C22H34O3. The SMILES string of the molecule is COC1CCC2(C)C(=CCC3C2CCC2(C)C3CCC2(O)C(C)=O)C1. The molecule has 0 saturated heterocycles. The van der Waals surface area contributed by atoms with Crippen molar-refractivity contribution in [1.82, 2.24) is 0 Å². The third-order valence-electron chi connectivity index (χ3n) is 9.13. The first-order valence-corrected chi connectivity index (χ1v) is 10.2. The minimum Gasteiger partial charge on any atom is -0.382 e. The summed E-state index contributed by atoms with van der Waals surface area (Å²) in [5.41, 5.74) is 0.596. The van der Waals surface area contributed by atoms with Gasteiger partial charge in [-0.15, -0.1) is 0 Å². The standard InChI is InChI=1S/C22H34O3/c1-14(23)22(24)12-9-19-17-6-5-15-13-16(25-4)7-10-20(15,2)18(17)8-11-21(19,22)3/h5,16-19,24H,6-13H2,1-4H3. The van der Waals surface area contributed by atoms with E-state index in [4.69, 9.17) is 4.74 Å². The Labute approximate surface area is 152 Å². The molecule has 0 heterocycles. The Kier molecular flexibility index (Phi) is 4.01. The zero-order chi connectivity index (χ0) is 18.0. The summed E-state index contributed by atoms with van der Waals surface area (Å²) >= 11 is 0. The molecule has 0 aromatic heterocycles. The number of aliphatic hydroxyl groups is 1. The number of carbonyl (C=O) groups excluding carboxylic acids is 1. The maximum atomic E-state index is 12.3. The van der Waals surface area contributed by atoms with Gasteiger partial charge in [0.15, 0.2) is 5.78 Å². The maximum Gasteiger partial charge on any atom is 0.161 e. The van der Waals surface area contributed by atoms with Crippen LogP contribution in [0.15, 0.2) is 11.6 Å². The molecule has 0 aromatic rings. The van der Waals surface area contributed by atoms with Crippen LogP contribution in [0.2, 0.25) is 0 Å². The van der Waals surface area contributed by atoms with Gasteiger partial charge in [-0.3, -0.25) is 4.79 Å². The summed E-state index contributed by atoms with van der Waals surface area (Å²) in [6, 6.07) is 0. The van der Waals surface area contributed by atoms with Crippen LogP contribution in [0.1, 0.15) is 72.1 Å². The molecule has 0 bridgehead atoms. The van der Waals surface area contributed by atoms with E-state index in [9.17, 15) is 9.90 Å². The lowest BCUT2D eigenvalue weighted by atomic mass is 9.47. The van der Waals surface area contributed by atoms with Gasteiger partial charge in [0.2, 0.25) is 0 Å². The van der Waals surface area contributed by atoms with Crippen LogP contribution in [0.4, 0.5) is 0 Å². The molecule has 3 heteroatoms. The van der Waals surface area contributed by atoms with Crippen LogP contribution >= 0.6 is 0 Å². The van der Waals surface area contributed by atoms with Crippen molar-refractivity contribution in [3.8, 4) is 0 Å². The Morgan fingerprint density at radius 3 is 2.56 bits per heavy atom. The van der Waals surface area contributed by atoms with Gasteiger partial charge in [0.25, 0.3) is 0 Å². The molecule has 3 nitrogen and oxygen atoms in total. The maximum absolute atomic E-state index is 12.3. The van der Waals surface area contributed by atoms with E-state index >= 15 is 0 Å². The van der Waals surface area contributed by atoms with Crippen molar-refractivity contribution in [2.45, 2.75) is 83.8 Å². The van der Waals surface area contributed by atoms with Crippen LogP contribution in [0, 0.1) is 28.6 Å². The minimum atomic E-state index is -1.10. The van der Waals surface area contributed by atoms with Crippen molar-refractivity contribution >= 4 is 5.78 Å². The molecule has 140 valence electrons.